The Bertz CT molecular complexity index is 945. The molecule has 1 aliphatic rings. The zero-order chi connectivity index (χ0) is 19.3. The summed E-state index contributed by atoms with van der Waals surface area (Å²) < 4.78 is 15.1. The number of benzene rings is 2. The fourth-order valence-corrected chi connectivity index (χ4v) is 3.91. The number of nitrogens with one attached hydrogen (secondary N) is 1. The lowest BCUT2D eigenvalue weighted by molar-refractivity contribution is -0.118. The van der Waals surface area contributed by atoms with Gasteiger partial charge in [-0.1, -0.05) is 42.1 Å². The minimum Gasteiger partial charge on any atom is -0.355 e. The van der Waals surface area contributed by atoms with E-state index in [1.165, 1.54) is 29.5 Å². The highest BCUT2D eigenvalue weighted by Gasteiger charge is 2.26. The van der Waals surface area contributed by atoms with Gasteiger partial charge in [0, 0.05) is 25.3 Å². The Balaban J connectivity index is 1.30. The van der Waals surface area contributed by atoms with Crippen LogP contribution in [0.4, 0.5) is 16.0 Å². The summed E-state index contributed by atoms with van der Waals surface area (Å²) in [4.78, 5) is 14.1. The quantitative estimate of drug-likeness (QED) is 0.621. The van der Waals surface area contributed by atoms with Gasteiger partial charge in [-0.25, -0.2) is 4.39 Å². The molecule has 0 spiro atoms. The standard InChI is InChI=1S/C20H20FN5OS/c21-16-6-8-17(9-7-16)25-12-13-26-19(25)23-24-20(26)28-14-18(27)22-11-10-15-4-2-1-3-5-15/h1-9H,10-14H2,(H,22,27). The number of hydrogen-bond acceptors (Lipinski definition) is 5. The predicted molar refractivity (Wildman–Crippen MR) is 107 cm³/mol. The van der Waals surface area contributed by atoms with Crippen molar-refractivity contribution in [2.75, 3.05) is 23.7 Å². The zero-order valence-electron chi connectivity index (χ0n) is 15.2. The van der Waals surface area contributed by atoms with Crippen molar-refractivity contribution < 1.29 is 9.18 Å². The van der Waals surface area contributed by atoms with E-state index in [1.54, 1.807) is 12.1 Å². The molecule has 1 aromatic heterocycles. The minimum atomic E-state index is -0.265. The van der Waals surface area contributed by atoms with Gasteiger partial charge in [0.2, 0.25) is 11.9 Å². The maximum absolute atomic E-state index is 13.1. The molecule has 0 fully saturated rings. The summed E-state index contributed by atoms with van der Waals surface area (Å²) in [5.74, 6) is 0.730. The van der Waals surface area contributed by atoms with Gasteiger partial charge in [-0.3, -0.25) is 9.36 Å². The maximum Gasteiger partial charge on any atom is 0.232 e. The topological polar surface area (TPSA) is 63.1 Å². The second kappa shape index (κ2) is 8.43. The fraction of sp³-hybridized carbons (Fsp3) is 0.250. The number of amides is 1. The summed E-state index contributed by atoms with van der Waals surface area (Å²) in [5, 5.41) is 12.1. The Kier molecular flexibility index (Phi) is 5.57. The van der Waals surface area contributed by atoms with Crippen LogP contribution >= 0.6 is 11.8 Å². The lowest BCUT2D eigenvalue weighted by Crippen LogP contribution is -2.27. The van der Waals surface area contributed by atoms with Crippen LogP contribution in [0.15, 0.2) is 59.8 Å². The molecule has 2 aromatic carbocycles. The number of thioether (sulfide) groups is 1. The number of halogens is 1. The summed E-state index contributed by atoms with van der Waals surface area (Å²) >= 11 is 1.38. The van der Waals surface area contributed by atoms with Crippen LogP contribution in [-0.2, 0) is 17.8 Å². The van der Waals surface area contributed by atoms with Crippen molar-refractivity contribution in [3.63, 3.8) is 0 Å². The normalized spacial score (nSPS) is 12.8. The van der Waals surface area contributed by atoms with Gasteiger partial charge in [0.15, 0.2) is 5.16 Å². The van der Waals surface area contributed by atoms with Crippen molar-refractivity contribution in [1.82, 2.24) is 20.1 Å². The molecule has 28 heavy (non-hydrogen) atoms. The first-order valence-electron chi connectivity index (χ1n) is 9.10. The van der Waals surface area contributed by atoms with Crippen LogP contribution in [0.2, 0.25) is 0 Å². The van der Waals surface area contributed by atoms with Crippen molar-refractivity contribution in [3.8, 4) is 0 Å². The number of hydrogen-bond donors (Lipinski definition) is 1. The molecule has 0 aliphatic carbocycles. The summed E-state index contributed by atoms with van der Waals surface area (Å²) in [6.45, 7) is 2.09. The summed E-state index contributed by atoms with van der Waals surface area (Å²) in [6, 6.07) is 16.4. The van der Waals surface area contributed by atoms with Gasteiger partial charge in [0.05, 0.1) is 5.75 Å². The van der Waals surface area contributed by atoms with Gasteiger partial charge >= 0.3 is 0 Å². The van der Waals surface area contributed by atoms with E-state index in [4.69, 9.17) is 0 Å². The molecule has 6 nitrogen and oxygen atoms in total. The molecule has 2 heterocycles. The maximum atomic E-state index is 13.1. The number of nitrogens with zero attached hydrogens (tertiary/aromatic N) is 4. The number of anilines is 2. The predicted octanol–water partition coefficient (Wildman–Crippen LogP) is 3.02. The highest BCUT2D eigenvalue weighted by atomic mass is 32.2. The molecular weight excluding hydrogens is 377 g/mol. The number of carbonyl (C=O) groups excluding carboxylic acids is 1. The average molecular weight is 397 g/mol. The Labute approximate surface area is 166 Å². The molecule has 0 saturated carbocycles. The third kappa shape index (κ3) is 4.17. The molecule has 0 saturated heterocycles. The first-order chi connectivity index (χ1) is 13.7. The molecule has 0 bridgehead atoms. The molecule has 1 N–H and O–H groups in total. The van der Waals surface area contributed by atoms with E-state index in [9.17, 15) is 9.18 Å². The van der Waals surface area contributed by atoms with Gasteiger partial charge in [-0.2, -0.15) is 0 Å². The van der Waals surface area contributed by atoms with Crippen LogP contribution in [0.5, 0.6) is 0 Å². The Morgan fingerprint density at radius 3 is 2.64 bits per heavy atom. The molecule has 0 atom stereocenters. The van der Waals surface area contributed by atoms with Crippen molar-refractivity contribution >= 4 is 29.3 Å². The van der Waals surface area contributed by atoms with Crippen LogP contribution in [0.25, 0.3) is 0 Å². The van der Waals surface area contributed by atoms with Crippen molar-refractivity contribution in [2.24, 2.45) is 0 Å². The minimum absolute atomic E-state index is 0.0216. The van der Waals surface area contributed by atoms with Crippen LogP contribution in [0.3, 0.4) is 0 Å². The van der Waals surface area contributed by atoms with E-state index in [2.05, 4.69) is 15.5 Å². The Morgan fingerprint density at radius 2 is 1.86 bits per heavy atom. The monoisotopic (exact) mass is 397 g/mol. The first-order valence-corrected chi connectivity index (χ1v) is 10.1. The highest BCUT2D eigenvalue weighted by molar-refractivity contribution is 7.99. The SMILES string of the molecule is O=C(CSc1nnc2n1CCN2c1ccc(F)cc1)NCCc1ccccc1. The van der Waals surface area contributed by atoms with Gasteiger partial charge in [-0.15, -0.1) is 10.2 Å². The van der Waals surface area contributed by atoms with E-state index >= 15 is 0 Å². The second-order valence-electron chi connectivity index (χ2n) is 6.44. The summed E-state index contributed by atoms with van der Waals surface area (Å²) in [7, 11) is 0. The number of aromatic nitrogens is 3. The molecule has 1 aliphatic heterocycles. The van der Waals surface area contributed by atoms with Crippen molar-refractivity contribution in [2.45, 2.75) is 18.1 Å². The number of carbonyl (C=O) groups is 1. The molecule has 3 aromatic rings. The molecule has 8 heteroatoms. The molecule has 0 unspecified atom stereocenters. The molecule has 1 amide bonds. The van der Waals surface area contributed by atoms with Gasteiger partial charge in [0.1, 0.15) is 5.82 Å². The molecular formula is C20H20FN5OS. The van der Waals surface area contributed by atoms with Gasteiger partial charge < -0.3 is 10.2 Å². The molecule has 4 rings (SSSR count). The lowest BCUT2D eigenvalue weighted by atomic mass is 10.1. The Morgan fingerprint density at radius 1 is 1.07 bits per heavy atom. The van der Waals surface area contributed by atoms with Gasteiger partial charge in [-0.05, 0) is 36.2 Å². The van der Waals surface area contributed by atoms with E-state index in [1.807, 2.05) is 39.8 Å². The van der Waals surface area contributed by atoms with Gasteiger partial charge in [0.25, 0.3) is 0 Å². The van der Waals surface area contributed by atoms with E-state index in [0.29, 0.717) is 12.3 Å². The lowest BCUT2D eigenvalue weighted by Gasteiger charge is -2.14. The van der Waals surface area contributed by atoms with Crippen LogP contribution < -0.4 is 10.2 Å². The molecule has 0 radical (unpaired) electrons. The largest absolute Gasteiger partial charge is 0.355 e. The number of rotatable bonds is 7. The summed E-state index contributed by atoms with van der Waals surface area (Å²) in [5.41, 5.74) is 2.08. The third-order valence-electron chi connectivity index (χ3n) is 4.54. The van der Waals surface area contributed by atoms with Crippen LogP contribution in [-0.4, -0.2) is 39.5 Å². The zero-order valence-corrected chi connectivity index (χ0v) is 16.0. The Hall–Kier alpha value is -2.87. The fourth-order valence-electron chi connectivity index (χ4n) is 3.12. The van der Waals surface area contributed by atoms with E-state index in [0.717, 1.165) is 36.3 Å². The van der Waals surface area contributed by atoms with E-state index < -0.39 is 0 Å². The molecule has 144 valence electrons. The van der Waals surface area contributed by atoms with Crippen LogP contribution in [0, 0.1) is 5.82 Å². The first kappa shape index (κ1) is 18.5. The average Bonchev–Trinajstić information content (AvgIpc) is 3.30. The van der Waals surface area contributed by atoms with Crippen molar-refractivity contribution in [1.29, 1.82) is 0 Å². The highest BCUT2D eigenvalue weighted by Crippen LogP contribution is 2.31. The third-order valence-corrected chi connectivity index (χ3v) is 5.50. The van der Waals surface area contributed by atoms with E-state index in [-0.39, 0.29) is 11.7 Å². The second-order valence-corrected chi connectivity index (χ2v) is 7.38. The number of fused-ring (bicyclic) bond motifs is 1. The van der Waals surface area contributed by atoms with Crippen LogP contribution in [0.1, 0.15) is 5.56 Å². The smallest absolute Gasteiger partial charge is 0.232 e. The summed E-state index contributed by atoms with van der Waals surface area (Å²) in [6.07, 6.45) is 0.810. The van der Waals surface area contributed by atoms with Crippen molar-refractivity contribution in [3.05, 3.63) is 66.0 Å².